The number of hydrogen-bond acceptors (Lipinski definition) is 4. The van der Waals surface area contributed by atoms with Gasteiger partial charge in [0.25, 0.3) is 5.69 Å². The molecule has 18 heavy (non-hydrogen) atoms. The minimum absolute atomic E-state index is 0.00772. The minimum Gasteiger partial charge on any atom is -0.368 e. The fourth-order valence-electron chi connectivity index (χ4n) is 2.18. The zero-order chi connectivity index (χ0) is 13.3. The van der Waals surface area contributed by atoms with Gasteiger partial charge in [0.1, 0.15) is 0 Å². The number of nitro benzene ring substituents is 1. The van der Waals surface area contributed by atoms with E-state index in [2.05, 4.69) is 6.92 Å². The normalized spacial score (nSPS) is 24.1. The minimum atomic E-state index is -0.600. The van der Waals surface area contributed by atoms with Gasteiger partial charge >= 0.3 is 0 Å². The Labute approximate surface area is 105 Å². The number of nitrogens with two attached hydrogens (primary N) is 1. The Morgan fingerprint density at radius 3 is 2.83 bits per heavy atom. The van der Waals surface area contributed by atoms with E-state index in [0.29, 0.717) is 18.2 Å². The average molecular weight is 253 g/mol. The quantitative estimate of drug-likeness (QED) is 0.645. The zero-order valence-corrected chi connectivity index (χ0v) is 10.2. The molecule has 0 spiro atoms. The van der Waals surface area contributed by atoms with Crippen LogP contribution in [0.2, 0.25) is 0 Å². The van der Waals surface area contributed by atoms with Crippen molar-refractivity contribution in [3.63, 3.8) is 0 Å². The van der Waals surface area contributed by atoms with Crippen LogP contribution in [0.3, 0.4) is 0 Å². The van der Waals surface area contributed by atoms with Crippen molar-refractivity contribution in [3.05, 3.63) is 34.1 Å². The SMILES string of the molecule is CC1CCN(c2ccc([N+](=O)[O-])cc2F)CC1N. The number of nitrogens with zero attached hydrogens (tertiary/aromatic N) is 2. The standard InChI is InChI=1S/C12H16FN3O2/c1-8-4-5-15(7-11(8)14)12-3-2-9(16(17)18)6-10(12)13/h2-3,6,8,11H,4-5,7,14H2,1H3. The maximum Gasteiger partial charge on any atom is 0.272 e. The van der Waals surface area contributed by atoms with Crippen LogP contribution >= 0.6 is 0 Å². The number of halogens is 1. The van der Waals surface area contributed by atoms with Gasteiger partial charge in [-0.3, -0.25) is 10.1 Å². The molecular formula is C12H16FN3O2. The van der Waals surface area contributed by atoms with E-state index in [1.54, 1.807) is 0 Å². The number of rotatable bonds is 2. The third-order valence-electron chi connectivity index (χ3n) is 3.50. The summed E-state index contributed by atoms with van der Waals surface area (Å²) in [6.07, 6.45) is 0.900. The first-order chi connectivity index (χ1) is 8.49. The van der Waals surface area contributed by atoms with Crippen LogP contribution in [0.15, 0.2) is 18.2 Å². The molecule has 0 bridgehead atoms. The van der Waals surface area contributed by atoms with E-state index in [1.807, 2.05) is 4.90 Å². The summed E-state index contributed by atoms with van der Waals surface area (Å²) in [5.41, 5.74) is 6.12. The summed E-state index contributed by atoms with van der Waals surface area (Å²) < 4.78 is 13.8. The van der Waals surface area contributed by atoms with Crippen LogP contribution in [0.4, 0.5) is 15.8 Å². The molecule has 1 heterocycles. The number of hydrogen-bond donors (Lipinski definition) is 1. The number of benzene rings is 1. The highest BCUT2D eigenvalue weighted by molar-refractivity contribution is 5.52. The van der Waals surface area contributed by atoms with Gasteiger partial charge in [-0.25, -0.2) is 4.39 Å². The maximum atomic E-state index is 13.8. The van der Waals surface area contributed by atoms with Crippen molar-refractivity contribution in [2.45, 2.75) is 19.4 Å². The molecule has 0 aromatic heterocycles. The van der Waals surface area contributed by atoms with Crippen molar-refractivity contribution in [1.29, 1.82) is 0 Å². The highest BCUT2D eigenvalue weighted by atomic mass is 19.1. The van der Waals surface area contributed by atoms with Crippen molar-refractivity contribution in [1.82, 2.24) is 0 Å². The highest BCUT2D eigenvalue weighted by Gasteiger charge is 2.25. The van der Waals surface area contributed by atoms with E-state index in [4.69, 9.17) is 5.73 Å². The molecule has 1 saturated heterocycles. The Kier molecular flexibility index (Phi) is 3.47. The van der Waals surface area contributed by atoms with Crippen molar-refractivity contribution >= 4 is 11.4 Å². The monoisotopic (exact) mass is 253 g/mol. The lowest BCUT2D eigenvalue weighted by molar-refractivity contribution is -0.385. The number of nitro groups is 1. The van der Waals surface area contributed by atoms with Gasteiger partial charge in [-0.2, -0.15) is 0 Å². The molecule has 0 radical (unpaired) electrons. The van der Waals surface area contributed by atoms with E-state index in [9.17, 15) is 14.5 Å². The second-order valence-corrected chi connectivity index (χ2v) is 4.77. The van der Waals surface area contributed by atoms with Gasteiger partial charge in [-0.1, -0.05) is 6.92 Å². The number of piperidine rings is 1. The summed E-state index contributed by atoms with van der Waals surface area (Å²) in [5.74, 6) is -0.145. The van der Waals surface area contributed by atoms with Gasteiger partial charge in [0.15, 0.2) is 5.82 Å². The lowest BCUT2D eigenvalue weighted by Crippen LogP contribution is -2.47. The maximum absolute atomic E-state index is 13.8. The summed E-state index contributed by atoms with van der Waals surface area (Å²) in [5, 5.41) is 10.5. The summed E-state index contributed by atoms with van der Waals surface area (Å²) in [6.45, 7) is 3.38. The summed E-state index contributed by atoms with van der Waals surface area (Å²) in [6, 6.07) is 3.74. The first-order valence-corrected chi connectivity index (χ1v) is 5.93. The summed E-state index contributed by atoms with van der Waals surface area (Å²) in [7, 11) is 0. The van der Waals surface area contributed by atoms with Crippen LogP contribution in [-0.4, -0.2) is 24.1 Å². The molecule has 0 amide bonds. The van der Waals surface area contributed by atoms with Crippen LogP contribution < -0.4 is 10.6 Å². The van der Waals surface area contributed by atoms with Crippen LogP contribution in [-0.2, 0) is 0 Å². The molecule has 0 saturated carbocycles. The summed E-state index contributed by atoms with van der Waals surface area (Å²) in [4.78, 5) is 11.8. The van der Waals surface area contributed by atoms with Gasteiger partial charge in [0.2, 0.25) is 0 Å². The fraction of sp³-hybridized carbons (Fsp3) is 0.500. The predicted molar refractivity (Wildman–Crippen MR) is 67.0 cm³/mol. The van der Waals surface area contributed by atoms with Crippen molar-refractivity contribution in [3.8, 4) is 0 Å². The van der Waals surface area contributed by atoms with Crippen molar-refractivity contribution < 1.29 is 9.31 Å². The van der Waals surface area contributed by atoms with Gasteiger partial charge in [0, 0.05) is 25.2 Å². The molecule has 6 heteroatoms. The average Bonchev–Trinajstić information content (AvgIpc) is 2.32. The molecule has 2 rings (SSSR count). The van der Waals surface area contributed by atoms with Gasteiger partial charge in [-0.05, 0) is 18.4 Å². The van der Waals surface area contributed by atoms with Gasteiger partial charge in [-0.15, -0.1) is 0 Å². The highest BCUT2D eigenvalue weighted by Crippen LogP contribution is 2.27. The molecule has 2 atom stereocenters. The molecule has 0 aliphatic carbocycles. The van der Waals surface area contributed by atoms with E-state index in [1.165, 1.54) is 12.1 Å². The Bertz CT molecular complexity index is 467. The second kappa shape index (κ2) is 4.89. The van der Waals surface area contributed by atoms with E-state index >= 15 is 0 Å². The van der Waals surface area contributed by atoms with Crippen molar-refractivity contribution in [2.24, 2.45) is 11.7 Å². The van der Waals surface area contributed by atoms with Crippen LogP contribution in [0.1, 0.15) is 13.3 Å². The molecule has 1 aliphatic heterocycles. The van der Waals surface area contributed by atoms with Crippen LogP contribution in [0.25, 0.3) is 0 Å². The molecule has 2 unspecified atom stereocenters. The Morgan fingerprint density at radius 1 is 1.56 bits per heavy atom. The zero-order valence-electron chi connectivity index (χ0n) is 10.2. The van der Waals surface area contributed by atoms with E-state index < -0.39 is 10.7 Å². The fourth-order valence-corrected chi connectivity index (χ4v) is 2.18. The lowest BCUT2D eigenvalue weighted by Gasteiger charge is -2.36. The Morgan fingerprint density at radius 2 is 2.28 bits per heavy atom. The molecule has 98 valence electrons. The smallest absolute Gasteiger partial charge is 0.272 e. The molecule has 1 aromatic rings. The van der Waals surface area contributed by atoms with Gasteiger partial charge in [0.05, 0.1) is 16.7 Å². The molecule has 1 aromatic carbocycles. The molecule has 1 fully saturated rings. The van der Waals surface area contributed by atoms with Crippen molar-refractivity contribution in [2.75, 3.05) is 18.0 Å². The third-order valence-corrected chi connectivity index (χ3v) is 3.50. The topological polar surface area (TPSA) is 72.4 Å². The first kappa shape index (κ1) is 12.8. The van der Waals surface area contributed by atoms with E-state index in [0.717, 1.165) is 19.0 Å². The Hall–Kier alpha value is -1.69. The third kappa shape index (κ3) is 2.43. The largest absolute Gasteiger partial charge is 0.368 e. The van der Waals surface area contributed by atoms with Crippen LogP contribution in [0.5, 0.6) is 0 Å². The Balaban J connectivity index is 2.21. The number of non-ortho nitro benzene ring substituents is 1. The molecular weight excluding hydrogens is 237 g/mol. The molecule has 2 N–H and O–H groups in total. The molecule has 1 aliphatic rings. The van der Waals surface area contributed by atoms with E-state index in [-0.39, 0.29) is 11.7 Å². The molecule has 5 nitrogen and oxygen atoms in total. The predicted octanol–water partition coefficient (Wildman–Crippen LogP) is 1.91. The van der Waals surface area contributed by atoms with Crippen LogP contribution in [0, 0.1) is 21.8 Å². The van der Waals surface area contributed by atoms with Gasteiger partial charge < -0.3 is 10.6 Å². The summed E-state index contributed by atoms with van der Waals surface area (Å²) >= 11 is 0. The lowest BCUT2D eigenvalue weighted by atomic mass is 9.94. The first-order valence-electron chi connectivity index (χ1n) is 5.93. The second-order valence-electron chi connectivity index (χ2n) is 4.77. The number of anilines is 1.